The van der Waals surface area contributed by atoms with Crippen LogP contribution >= 0.6 is 0 Å². The first-order chi connectivity index (χ1) is 13.9. The van der Waals surface area contributed by atoms with Crippen molar-refractivity contribution >= 4 is 27.4 Å². The van der Waals surface area contributed by atoms with E-state index in [9.17, 15) is 18.0 Å². The molecule has 1 amide bonds. The average molecular weight is 417 g/mol. The van der Waals surface area contributed by atoms with E-state index < -0.39 is 15.8 Å². The number of amides is 1. The lowest BCUT2D eigenvalue weighted by molar-refractivity contribution is 0.0600. The highest BCUT2D eigenvalue weighted by molar-refractivity contribution is 7.91. The normalized spacial score (nSPS) is 20.1. The molecule has 0 radical (unpaired) electrons. The molecule has 154 valence electrons. The lowest BCUT2D eigenvalue weighted by Crippen LogP contribution is -2.17. The molecule has 1 aliphatic heterocycles. The third kappa shape index (κ3) is 3.91. The van der Waals surface area contributed by atoms with E-state index >= 15 is 0 Å². The summed E-state index contributed by atoms with van der Waals surface area (Å²) in [6, 6.07) is 6.31. The number of benzene rings is 1. The maximum Gasteiger partial charge on any atom is 0.337 e. The van der Waals surface area contributed by atoms with Gasteiger partial charge in [0.2, 0.25) is 0 Å². The van der Waals surface area contributed by atoms with Gasteiger partial charge in [-0.1, -0.05) is 6.07 Å². The third-order valence-corrected chi connectivity index (χ3v) is 7.27. The van der Waals surface area contributed by atoms with Crippen molar-refractivity contribution in [2.24, 2.45) is 0 Å². The van der Waals surface area contributed by atoms with E-state index in [0.29, 0.717) is 23.4 Å². The van der Waals surface area contributed by atoms with Crippen LogP contribution in [0.5, 0.6) is 0 Å². The highest BCUT2D eigenvalue weighted by atomic mass is 32.2. The van der Waals surface area contributed by atoms with Crippen molar-refractivity contribution in [3.63, 3.8) is 0 Å². The molecule has 0 bridgehead atoms. The van der Waals surface area contributed by atoms with E-state index in [2.05, 4.69) is 10.4 Å². The second-order valence-corrected chi connectivity index (χ2v) is 9.74. The Morgan fingerprint density at radius 3 is 2.76 bits per heavy atom. The minimum absolute atomic E-state index is 0.0728. The van der Waals surface area contributed by atoms with E-state index in [1.165, 1.54) is 7.11 Å². The van der Waals surface area contributed by atoms with Crippen LogP contribution in [-0.4, -0.2) is 48.7 Å². The van der Waals surface area contributed by atoms with E-state index in [1.54, 1.807) is 28.9 Å². The van der Waals surface area contributed by atoms with Crippen LogP contribution in [0.1, 0.15) is 57.4 Å². The maximum atomic E-state index is 13.0. The summed E-state index contributed by atoms with van der Waals surface area (Å²) in [5.41, 5.74) is 3.04. The van der Waals surface area contributed by atoms with Gasteiger partial charge < -0.3 is 10.1 Å². The van der Waals surface area contributed by atoms with Gasteiger partial charge in [-0.3, -0.25) is 9.48 Å². The van der Waals surface area contributed by atoms with Crippen molar-refractivity contribution in [3.05, 3.63) is 46.8 Å². The summed E-state index contributed by atoms with van der Waals surface area (Å²) in [4.78, 5) is 24.7. The topological polar surface area (TPSA) is 107 Å². The number of aromatic nitrogens is 2. The molecular weight excluding hydrogens is 394 g/mol. The Bertz CT molecular complexity index is 1070. The Labute approximate surface area is 169 Å². The van der Waals surface area contributed by atoms with Crippen molar-refractivity contribution in [1.29, 1.82) is 0 Å². The summed E-state index contributed by atoms with van der Waals surface area (Å²) in [5, 5.41) is 7.36. The number of rotatable bonds is 4. The van der Waals surface area contributed by atoms with Gasteiger partial charge in [-0.25, -0.2) is 13.2 Å². The van der Waals surface area contributed by atoms with Crippen molar-refractivity contribution in [1.82, 2.24) is 9.78 Å². The molecule has 2 aliphatic rings. The number of ether oxygens (including phenoxy) is 1. The van der Waals surface area contributed by atoms with Gasteiger partial charge in [0.1, 0.15) is 0 Å². The van der Waals surface area contributed by atoms with Crippen molar-refractivity contribution in [2.75, 3.05) is 23.9 Å². The summed E-state index contributed by atoms with van der Waals surface area (Å²) in [6.07, 6.45) is 4.04. The van der Waals surface area contributed by atoms with Gasteiger partial charge in [0.05, 0.1) is 30.2 Å². The fraction of sp³-hybridized carbons (Fsp3) is 0.450. The summed E-state index contributed by atoms with van der Waals surface area (Å²) >= 11 is 0. The molecule has 1 N–H and O–H groups in total. The fourth-order valence-electron chi connectivity index (χ4n) is 4.11. The van der Waals surface area contributed by atoms with E-state index in [0.717, 1.165) is 36.9 Å². The van der Waals surface area contributed by atoms with E-state index in [1.807, 2.05) is 0 Å². The van der Waals surface area contributed by atoms with Gasteiger partial charge in [0, 0.05) is 16.9 Å². The number of carbonyl (C=O) groups is 2. The third-order valence-electron chi connectivity index (χ3n) is 5.52. The molecular formula is C20H23N3O5S. The minimum atomic E-state index is -3.05. The molecule has 1 aliphatic carbocycles. The number of nitrogens with one attached hydrogen (secondary N) is 1. The number of methoxy groups -OCH3 is 1. The fourth-order valence-corrected chi connectivity index (χ4v) is 5.80. The monoisotopic (exact) mass is 417 g/mol. The summed E-state index contributed by atoms with van der Waals surface area (Å²) in [6.45, 7) is 0. The quantitative estimate of drug-likeness (QED) is 0.764. The average Bonchev–Trinajstić information content (AvgIpc) is 3.27. The van der Waals surface area contributed by atoms with Gasteiger partial charge in [0.15, 0.2) is 15.5 Å². The van der Waals surface area contributed by atoms with E-state index in [4.69, 9.17) is 4.74 Å². The van der Waals surface area contributed by atoms with Gasteiger partial charge in [-0.2, -0.15) is 5.10 Å². The highest BCUT2D eigenvalue weighted by Gasteiger charge is 2.34. The number of fused-ring (bicyclic) bond motifs is 1. The number of hydrogen-bond donors (Lipinski definition) is 1. The van der Waals surface area contributed by atoms with Gasteiger partial charge in [0.25, 0.3) is 5.91 Å². The number of carbonyl (C=O) groups excluding carboxylic acids is 2. The van der Waals surface area contributed by atoms with Crippen LogP contribution in [0.3, 0.4) is 0 Å². The standard InChI is InChI=1S/C20H23N3O5S/c1-28-20(25)13-5-4-6-14(11-13)21-19(24)18-16-7-2-3-8-17(16)23(22-18)15-9-10-29(26,27)12-15/h4-6,11,15H,2-3,7-10,12H2,1H3,(H,21,24)/t15-/m1/s1. The predicted octanol–water partition coefficient (Wildman–Crippen LogP) is 2.16. The molecule has 1 saturated heterocycles. The van der Waals surface area contributed by atoms with Crippen molar-refractivity contribution in [2.45, 2.75) is 38.1 Å². The van der Waals surface area contributed by atoms with Gasteiger partial charge in [-0.15, -0.1) is 0 Å². The first-order valence-electron chi connectivity index (χ1n) is 9.68. The molecule has 1 aromatic carbocycles. The van der Waals surface area contributed by atoms with Crippen LogP contribution in [0.2, 0.25) is 0 Å². The molecule has 8 nitrogen and oxygen atoms in total. The van der Waals surface area contributed by atoms with Crippen LogP contribution in [-0.2, 0) is 27.4 Å². The SMILES string of the molecule is COC(=O)c1cccc(NC(=O)c2nn([C@@H]3CCS(=O)(=O)C3)c3c2CCCC3)c1. The Kier molecular flexibility index (Phi) is 5.16. The molecule has 1 aromatic heterocycles. The first-order valence-corrected chi connectivity index (χ1v) is 11.5. The van der Waals surface area contributed by atoms with Crippen LogP contribution in [0.15, 0.2) is 24.3 Å². The molecule has 1 atom stereocenters. The molecule has 4 rings (SSSR count). The van der Waals surface area contributed by atoms with E-state index in [-0.39, 0.29) is 23.5 Å². The zero-order chi connectivity index (χ0) is 20.6. The Morgan fingerprint density at radius 2 is 2.03 bits per heavy atom. The number of hydrogen-bond acceptors (Lipinski definition) is 6. The Morgan fingerprint density at radius 1 is 1.24 bits per heavy atom. The molecule has 2 heterocycles. The molecule has 9 heteroatoms. The lowest BCUT2D eigenvalue weighted by Gasteiger charge is -2.17. The highest BCUT2D eigenvalue weighted by Crippen LogP contribution is 2.31. The molecule has 0 saturated carbocycles. The van der Waals surface area contributed by atoms with Gasteiger partial charge in [-0.05, 0) is 50.3 Å². The molecule has 1 fully saturated rings. The largest absolute Gasteiger partial charge is 0.465 e. The zero-order valence-electron chi connectivity index (χ0n) is 16.2. The van der Waals surface area contributed by atoms with Gasteiger partial charge >= 0.3 is 5.97 Å². The second-order valence-electron chi connectivity index (χ2n) is 7.51. The predicted molar refractivity (Wildman–Crippen MR) is 107 cm³/mol. The second kappa shape index (κ2) is 7.62. The Balaban J connectivity index is 1.63. The van der Waals surface area contributed by atoms with Crippen LogP contribution in [0.25, 0.3) is 0 Å². The summed E-state index contributed by atoms with van der Waals surface area (Å²) < 4.78 is 30.3. The number of anilines is 1. The zero-order valence-corrected chi connectivity index (χ0v) is 17.0. The molecule has 2 aromatic rings. The van der Waals surface area contributed by atoms with Crippen molar-refractivity contribution in [3.8, 4) is 0 Å². The number of nitrogens with zero attached hydrogens (tertiary/aromatic N) is 2. The number of esters is 1. The van der Waals surface area contributed by atoms with Crippen molar-refractivity contribution < 1.29 is 22.7 Å². The molecule has 0 spiro atoms. The van der Waals surface area contributed by atoms with Crippen LogP contribution in [0.4, 0.5) is 5.69 Å². The Hall–Kier alpha value is -2.68. The maximum absolute atomic E-state index is 13.0. The number of sulfone groups is 1. The lowest BCUT2D eigenvalue weighted by atomic mass is 9.95. The molecule has 29 heavy (non-hydrogen) atoms. The minimum Gasteiger partial charge on any atom is -0.465 e. The molecule has 0 unspecified atom stereocenters. The van der Waals surface area contributed by atoms with Crippen LogP contribution in [0, 0.1) is 0 Å². The van der Waals surface area contributed by atoms with Crippen LogP contribution < -0.4 is 5.32 Å². The summed E-state index contributed by atoms with van der Waals surface area (Å²) in [7, 11) is -1.75. The smallest absolute Gasteiger partial charge is 0.337 e. The first kappa shape index (κ1) is 19.6. The summed E-state index contributed by atoms with van der Waals surface area (Å²) in [5.74, 6) is -0.604.